The summed E-state index contributed by atoms with van der Waals surface area (Å²) in [5, 5.41) is 2.64. The van der Waals surface area contributed by atoms with Crippen LogP contribution in [-0.4, -0.2) is 15.9 Å². The Hall–Kier alpha value is -2.34. The molecule has 0 unspecified atom stereocenters. The smallest absolute Gasteiger partial charge is 0.253 e. The highest BCUT2D eigenvalue weighted by molar-refractivity contribution is 7.80. The monoisotopic (exact) mass is 303 g/mol. The minimum atomic E-state index is -0.456. The van der Waals surface area contributed by atoms with Crippen LogP contribution in [0.25, 0.3) is 0 Å². The molecule has 0 aliphatic carbocycles. The van der Waals surface area contributed by atoms with Crippen LogP contribution in [0.5, 0.6) is 0 Å². The van der Waals surface area contributed by atoms with E-state index in [1.165, 1.54) is 12.3 Å². The molecule has 0 saturated heterocycles. The molecule has 21 heavy (non-hydrogen) atoms. The summed E-state index contributed by atoms with van der Waals surface area (Å²) < 4.78 is 13.8. The first-order chi connectivity index (χ1) is 9.97. The summed E-state index contributed by atoms with van der Waals surface area (Å²) in [4.78, 5) is 16.1. The van der Waals surface area contributed by atoms with E-state index in [1.54, 1.807) is 24.3 Å². The van der Waals surface area contributed by atoms with Crippen molar-refractivity contribution in [3.8, 4) is 0 Å². The van der Waals surface area contributed by atoms with Crippen LogP contribution >= 0.6 is 12.2 Å². The molecule has 4 nitrogen and oxygen atoms in total. The van der Waals surface area contributed by atoms with Gasteiger partial charge in [0.1, 0.15) is 10.8 Å². The highest BCUT2D eigenvalue weighted by atomic mass is 32.1. The number of thiocarbonyl (C=S) groups is 1. The molecule has 0 atom stereocenters. The Balaban J connectivity index is 2.04. The van der Waals surface area contributed by atoms with E-state index in [2.05, 4.69) is 10.3 Å². The molecule has 108 valence electrons. The normalized spacial score (nSPS) is 10.2. The van der Waals surface area contributed by atoms with Crippen molar-refractivity contribution in [3.05, 3.63) is 64.7 Å². The van der Waals surface area contributed by atoms with E-state index in [0.717, 1.165) is 5.69 Å². The molecule has 1 aromatic heterocycles. The lowest BCUT2D eigenvalue weighted by molar-refractivity contribution is 0.0950. The summed E-state index contributed by atoms with van der Waals surface area (Å²) in [6.07, 6.45) is 1.48. The molecule has 0 radical (unpaired) electrons. The molecule has 2 aromatic rings. The van der Waals surface area contributed by atoms with Crippen LogP contribution in [0, 0.1) is 12.7 Å². The third-order valence-corrected chi connectivity index (χ3v) is 3.19. The largest absolute Gasteiger partial charge is 0.389 e. The fourth-order valence-electron chi connectivity index (χ4n) is 1.72. The number of aromatic nitrogens is 1. The van der Waals surface area contributed by atoms with Crippen LogP contribution in [0.4, 0.5) is 4.39 Å². The van der Waals surface area contributed by atoms with Gasteiger partial charge in [-0.05, 0) is 25.1 Å². The minimum Gasteiger partial charge on any atom is -0.389 e. The molecule has 0 fully saturated rings. The molecule has 0 aliphatic rings. The Bertz CT molecular complexity index is 686. The summed E-state index contributed by atoms with van der Waals surface area (Å²) in [5.74, 6) is -0.761. The van der Waals surface area contributed by atoms with Gasteiger partial charge in [-0.25, -0.2) is 4.39 Å². The van der Waals surface area contributed by atoms with E-state index in [1.807, 2.05) is 6.92 Å². The number of rotatable bonds is 4. The van der Waals surface area contributed by atoms with Crippen molar-refractivity contribution in [1.29, 1.82) is 0 Å². The van der Waals surface area contributed by atoms with E-state index in [9.17, 15) is 9.18 Å². The Labute approximate surface area is 127 Å². The van der Waals surface area contributed by atoms with Gasteiger partial charge in [0.25, 0.3) is 5.91 Å². The summed E-state index contributed by atoms with van der Waals surface area (Å²) in [5.41, 5.74) is 7.51. The maximum atomic E-state index is 13.8. The van der Waals surface area contributed by atoms with Gasteiger partial charge in [-0.3, -0.25) is 9.78 Å². The van der Waals surface area contributed by atoms with Gasteiger partial charge in [0, 0.05) is 29.6 Å². The maximum absolute atomic E-state index is 13.8. The van der Waals surface area contributed by atoms with Crippen molar-refractivity contribution in [3.63, 3.8) is 0 Å². The van der Waals surface area contributed by atoms with Gasteiger partial charge in [0.15, 0.2) is 0 Å². The number of nitrogens with zero attached hydrogens (tertiary/aromatic N) is 1. The molecule has 1 heterocycles. The van der Waals surface area contributed by atoms with Crippen LogP contribution in [0.2, 0.25) is 0 Å². The van der Waals surface area contributed by atoms with E-state index < -0.39 is 5.82 Å². The fourth-order valence-corrected chi connectivity index (χ4v) is 1.85. The van der Waals surface area contributed by atoms with Crippen LogP contribution in [0.15, 0.2) is 36.5 Å². The van der Waals surface area contributed by atoms with E-state index in [4.69, 9.17) is 18.0 Å². The lowest BCUT2D eigenvalue weighted by Crippen LogP contribution is -2.23. The van der Waals surface area contributed by atoms with Crippen LogP contribution in [0.3, 0.4) is 0 Å². The van der Waals surface area contributed by atoms with Gasteiger partial charge in [0.05, 0.1) is 5.56 Å². The van der Waals surface area contributed by atoms with Gasteiger partial charge >= 0.3 is 0 Å². The Kier molecular flexibility index (Phi) is 4.59. The Morgan fingerprint density at radius 1 is 1.33 bits per heavy atom. The molecule has 0 saturated carbocycles. The average molecular weight is 303 g/mol. The molecule has 0 aliphatic heterocycles. The number of amides is 1. The number of nitrogens with one attached hydrogen (secondary N) is 1. The van der Waals surface area contributed by atoms with Crippen molar-refractivity contribution in [2.24, 2.45) is 5.73 Å². The second kappa shape index (κ2) is 6.41. The number of carbonyl (C=O) groups is 1. The van der Waals surface area contributed by atoms with Crippen molar-refractivity contribution in [1.82, 2.24) is 10.3 Å². The number of nitrogens with two attached hydrogens (primary N) is 1. The summed E-state index contributed by atoms with van der Waals surface area (Å²) in [6.45, 7) is 1.91. The maximum Gasteiger partial charge on any atom is 0.253 e. The molecular weight excluding hydrogens is 289 g/mol. The lowest BCUT2D eigenvalue weighted by Gasteiger charge is -2.08. The average Bonchev–Trinajstić information content (AvgIpc) is 2.46. The van der Waals surface area contributed by atoms with E-state index in [0.29, 0.717) is 16.7 Å². The topological polar surface area (TPSA) is 68.0 Å². The quantitative estimate of drug-likeness (QED) is 0.849. The molecule has 0 bridgehead atoms. The predicted molar refractivity (Wildman–Crippen MR) is 82.4 cm³/mol. The zero-order valence-electron chi connectivity index (χ0n) is 11.4. The first kappa shape index (κ1) is 15.1. The second-order valence-corrected chi connectivity index (χ2v) is 4.98. The van der Waals surface area contributed by atoms with E-state index in [-0.39, 0.29) is 17.4 Å². The number of hydrogen-bond acceptors (Lipinski definition) is 3. The minimum absolute atomic E-state index is 0.0795. The standard InChI is InChI=1S/C15H14FN3OS/c1-9-2-3-12(8-18-9)15(20)19-7-11-5-4-10(14(17)21)6-13(11)16/h2-6,8H,7H2,1H3,(H2,17,21)(H,19,20). The Morgan fingerprint density at radius 3 is 2.62 bits per heavy atom. The van der Waals surface area contributed by atoms with Crippen molar-refractivity contribution in [2.75, 3.05) is 0 Å². The van der Waals surface area contributed by atoms with Gasteiger partial charge < -0.3 is 11.1 Å². The lowest BCUT2D eigenvalue weighted by atomic mass is 10.1. The molecule has 1 amide bonds. The van der Waals surface area contributed by atoms with Crippen LogP contribution in [-0.2, 0) is 6.54 Å². The Morgan fingerprint density at radius 2 is 2.05 bits per heavy atom. The zero-order chi connectivity index (χ0) is 15.4. The van der Waals surface area contributed by atoms with Crippen molar-refractivity contribution < 1.29 is 9.18 Å². The molecule has 3 N–H and O–H groups in total. The molecule has 0 spiro atoms. The van der Waals surface area contributed by atoms with Gasteiger partial charge in [0.2, 0.25) is 0 Å². The molecular formula is C15H14FN3OS. The number of halogens is 1. The third kappa shape index (κ3) is 3.82. The molecule has 2 rings (SSSR count). The fraction of sp³-hybridized carbons (Fsp3) is 0.133. The highest BCUT2D eigenvalue weighted by Crippen LogP contribution is 2.11. The number of carbonyl (C=O) groups excluding carboxylic acids is 1. The number of pyridine rings is 1. The number of benzene rings is 1. The van der Waals surface area contributed by atoms with Gasteiger partial charge in [-0.2, -0.15) is 0 Å². The van der Waals surface area contributed by atoms with Gasteiger partial charge in [-0.1, -0.05) is 24.4 Å². The molecule has 6 heteroatoms. The van der Waals surface area contributed by atoms with Gasteiger partial charge in [-0.15, -0.1) is 0 Å². The third-order valence-electron chi connectivity index (χ3n) is 2.95. The van der Waals surface area contributed by atoms with E-state index >= 15 is 0 Å². The van der Waals surface area contributed by atoms with Crippen molar-refractivity contribution in [2.45, 2.75) is 13.5 Å². The zero-order valence-corrected chi connectivity index (χ0v) is 12.2. The van der Waals surface area contributed by atoms with Crippen LogP contribution in [0.1, 0.15) is 27.2 Å². The SMILES string of the molecule is Cc1ccc(C(=O)NCc2ccc(C(N)=S)cc2F)cn1. The second-order valence-electron chi connectivity index (χ2n) is 4.54. The summed E-state index contributed by atoms with van der Waals surface area (Å²) in [6, 6.07) is 7.85. The number of hydrogen-bond donors (Lipinski definition) is 2. The van der Waals surface area contributed by atoms with Crippen LogP contribution < -0.4 is 11.1 Å². The number of aryl methyl sites for hydroxylation is 1. The summed E-state index contributed by atoms with van der Waals surface area (Å²) >= 11 is 4.78. The van der Waals surface area contributed by atoms with Crippen molar-refractivity contribution >= 4 is 23.1 Å². The summed E-state index contributed by atoms with van der Waals surface area (Å²) in [7, 11) is 0. The highest BCUT2D eigenvalue weighted by Gasteiger charge is 2.09. The first-order valence-electron chi connectivity index (χ1n) is 6.26. The first-order valence-corrected chi connectivity index (χ1v) is 6.67. The predicted octanol–water partition coefficient (Wildman–Crippen LogP) is 2.09. The molecule has 1 aromatic carbocycles.